The summed E-state index contributed by atoms with van der Waals surface area (Å²) in [6, 6.07) is 8.46. The Bertz CT molecular complexity index is 680. The molecule has 0 spiro atoms. The van der Waals surface area contributed by atoms with Gasteiger partial charge in [0.05, 0.1) is 12.5 Å². The number of carbonyl (C=O) groups excluding carboxylic acids is 1. The van der Waals surface area contributed by atoms with Crippen LogP contribution >= 0.6 is 0 Å². The lowest BCUT2D eigenvalue weighted by atomic mass is 9.90. The first kappa shape index (κ1) is 16.4. The lowest BCUT2D eigenvalue weighted by molar-refractivity contribution is -0.151. The fourth-order valence-electron chi connectivity index (χ4n) is 3.97. The molecule has 1 aliphatic heterocycles. The third kappa shape index (κ3) is 3.80. The first-order valence-corrected chi connectivity index (χ1v) is 9.57. The van der Waals surface area contributed by atoms with Crippen LogP contribution in [0.3, 0.4) is 0 Å². The van der Waals surface area contributed by atoms with Crippen LogP contribution in [0.5, 0.6) is 0 Å². The van der Waals surface area contributed by atoms with Crippen LogP contribution in [0.15, 0.2) is 28.7 Å². The van der Waals surface area contributed by atoms with Gasteiger partial charge in [0, 0.05) is 13.1 Å². The van der Waals surface area contributed by atoms with E-state index in [4.69, 9.17) is 9.15 Å². The zero-order chi connectivity index (χ0) is 17.1. The number of rotatable bonds is 4. The maximum atomic E-state index is 12.3. The summed E-state index contributed by atoms with van der Waals surface area (Å²) in [5.74, 6) is 0.588. The van der Waals surface area contributed by atoms with Crippen molar-refractivity contribution < 1.29 is 13.9 Å². The SMILES string of the molecule is O=C(OCC1CCCCC1)C1CCN(c2nc3ccccc3o2)CC1. The lowest BCUT2D eigenvalue weighted by Crippen LogP contribution is -2.37. The van der Waals surface area contributed by atoms with E-state index in [0.29, 0.717) is 18.5 Å². The Hall–Kier alpha value is -2.04. The summed E-state index contributed by atoms with van der Waals surface area (Å²) < 4.78 is 11.4. The van der Waals surface area contributed by atoms with Gasteiger partial charge in [-0.05, 0) is 43.7 Å². The summed E-state index contributed by atoms with van der Waals surface area (Å²) in [7, 11) is 0. The van der Waals surface area contributed by atoms with Crippen LogP contribution < -0.4 is 4.90 Å². The van der Waals surface area contributed by atoms with Crippen molar-refractivity contribution in [3.63, 3.8) is 0 Å². The lowest BCUT2D eigenvalue weighted by Gasteiger charge is -2.30. The summed E-state index contributed by atoms with van der Waals surface area (Å²) in [6.07, 6.45) is 7.94. The highest BCUT2D eigenvalue weighted by atomic mass is 16.5. The minimum Gasteiger partial charge on any atom is -0.465 e. The molecule has 2 aliphatic rings. The number of fused-ring (bicyclic) bond motifs is 1. The molecule has 0 N–H and O–H groups in total. The molecule has 0 atom stereocenters. The third-order valence-corrected chi connectivity index (χ3v) is 5.57. The second-order valence-corrected chi connectivity index (χ2v) is 7.36. The van der Waals surface area contributed by atoms with Crippen molar-refractivity contribution in [2.24, 2.45) is 11.8 Å². The van der Waals surface area contributed by atoms with Gasteiger partial charge in [0.15, 0.2) is 5.58 Å². The molecule has 1 aromatic carbocycles. The van der Waals surface area contributed by atoms with Crippen LogP contribution in [-0.4, -0.2) is 30.6 Å². The average Bonchev–Trinajstić information content (AvgIpc) is 3.11. The van der Waals surface area contributed by atoms with Gasteiger partial charge in [-0.1, -0.05) is 31.4 Å². The molecular formula is C20H26N2O3. The number of hydrogen-bond acceptors (Lipinski definition) is 5. The number of piperidine rings is 1. The standard InChI is InChI=1S/C20H26N2O3/c23-19(24-14-15-6-2-1-3-7-15)16-10-12-22(13-11-16)20-21-17-8-4-5-9-18(17)25-20/h4-5,8-9,15-16H,1-3,6-7,10-14H2. The van der Waals surface area contributed by atoms with Crippen molar-refractivity contribution in [2.45, 2.75) is 44.9 Å². The molecule has 134 valence electrons. The molecule has 0 radical (unpaired) electrons. The highest BCUT2D eigenvalue weighted by Gasteiger charge is 2.29. The van der Waals surface area contributed by atoms with Crippen molar-refractivity contribution in [1.82, 2.24) is 4.98 Å². The molecule has 1 aromatic heterocycles. The van der Waals surface area contributed by atoms with E-state index < -0.39 is 0 Å². The van der Waals surface area contributed by atoms with Crippen molar-refractivity contribution in [2.75, 3.05) is 24.6 Å². The summed E-state index contributed by atoms with van der Waals surface area (Å²) in [5, 5.41) is 0. The minimum atomic E-state index is -0.0113. The fourth-order valence-corrected chi connectivity index (χ4v) is 3.97. The first-order valence-electron chi connectivity index (χ1n) is 9.57. The van der Waals surface area contributed by atoms with Gasteiger partial charge in [-0.3, -0.25) is 4.79 Å². The predicted octanol–water partition coefficient (Wildman–Crippen LogP) is 4.17. The van der Waals surface area contributed by atoms with Crippen molar-refractivity contribution in [3.05, 3.63) is 24.3 Å². The number of aromatic nitrogens is 1. The van der Waals surface area contributed by atoms with E-state index in [1.807, 2.05) is 24.3 Å². The molecule has 1 saturated carbocycles. The Morgan fingerprint density at radius 3 is 2.64 bits per heavy atom. The van der Waals surface area contributed by atoms with Crippen LogP contribution in [0.4, 0.5) is 6.01 Å². The maximum Gasteiger partial charge on any atom is 0.309 e. The maximum absolute atomic E-state index is 12.3. The van der Waals surface area contributed by atoms with Gasteiger partial charge in [-0.15, -0.1) is 0 Å². The van der Waals surface area contributed by atoms with Gasteiger partial charge >= 0.3 is 5.97 Å². The number of anilines is 1. The molecule has 5 heteroatoms. The Balaban J connectivity index is 1.28. The molecule has 2 fully saturated rings. The van der Waals surface area contributed by atoms with Gasteiger partial charge in [-0.25, -0.2) is 0 Å². The van der Waals surface area contributed by atoms with Gasteiger partial charge < -0.3 is 14.1 Å². The quantitative estimate of drug-likeness (QED) is 0.781. The molecule has 2 aromatic rings. The number of ether oxygens (including phenoxy) is 1. The number of oxazole rings is 1. The van der Waals surface area contributed by atoms with Gasteiger partial charge in [-0.2, -0.15) is 4.98 Å². The summed E-state index contributed by atoms with van der Waals surface area (Å²) in [5.41, 5.74) is 1.69. The highest BCUT2D eigenvalue weighted by Crippen LogP contribution is 2.28. The predicted molar refractivity (Wildman–Crippen MR) is 96.5 cm³/mol. The second-order valence-electron chi connectivity index (χ2n) is 7.36. The van der Waals surface area contributed by atoms with E-state index in [-0.39, 0.29) is 11.9 Å². The summed E-state index contributed by atoms with van der Waals surface area (Å²) in [4.78, 5) is 19.0. The molecule has 5 nitrogen and oxygen atoms in total. The van der Waals surface area contributed by atoms with Crippen LogP contribution in [0, 0.1) is 11.8 Å². The Kier molecular flexibility index (Phi) is 4.90. The average molecular weight is 342 g/mol. The molecule has 2 heterocycles. The van der Waals surface area contributed by atoms with E-state index >= 15 is 0 Å². The van der Waals surface area contributed by atoms with Crippen LogP contribution in [0.25, 0.3) is 11.1 Å². The van der Waals surface area contributed by atoms with E-state index in [2.05, 4.69) is 9.88 Å². The van der Waals surface area contributed by atoms with Crippen LogP contribution in [0.1, 0.15) is 44.9 Å². The van der Waals surface area contributed by atoms with Crippen molar-refractivity contribution in [1.29, 1.82) is 0 Å². The molecule has 0 amide bonds. The summed E-state index contributed by atoms with van der Waals surface area (Å²) >= 11 is 0. The first-order chi connectivity index (χ1) is 12.3. The number of esters is 1. The Morgan fingerprint density at radius 1 is 1.12 bits per heavy atom. The van der Waals surface area contributed by atoms with Crippen molar-refractivity contribution >= 4 is 23.1 Å². The van der Waals surface area contributed by atoms with E-state index in [9.17, 15) is 4.79 Å². The monoisotopic (exact) mass is 342 g/mol. The number of carbonyl (C=O) groups is 1. The van der Waals surface area contributed by atoms with Crippen molar-refractivity contribution in [3.8, 4) is 0 Å². The number of hydrogen-bond donors (Lipinski definition) is 0. The van der Waals surface area contributed by atoms with E-state index in [0.717, 1.165) is 37.0 Å². The molecule has 0 unspecified atom stereocenters. The van der Waals surface area contributed by atoms with Crippen LogP contribution in [0.2, 0.25) is 0 Å². The number of para-hydroxylation sites is 2. The molecule has 4 rings (SSSR count). The third-order valence-electron chi connectivity index (χ3n) is 5.57. The van der Waals surface area contributed by atoms with E-state index in [1.54, 1.807) is 0 Å². The zero-order valence-corrected chi connectivity index (χ0v) is 14.7. The topological polar surface area (TPSA) is 55.6 Å². The largest absolute Gasteiger partial charge is 0.465 e. The molecule has 1 saturated heterocycles. The smallest absolute Gasteiger partial charge is 0.309 e. The molecular weight excluding hydrogens is 316 g/mol. The van der Waals surface area contributed by atoms with Gasteiger partial charge in [0.1, 0.15) is 5.52 Å². The molecule has 25 heavy (non-hydrogen) atoms. The number of benzene rings is 1. The molecule has 0 bridgehead atoms. The highest BCUT2D eigenvalue weighted by molar-refractivity contribution is 5.75. The Labute approximate surface area is 148 Å². The fraction of sp³-hybridized carbons (Fsp3) is 0.600. The van der Waals surface area contributed by atoms with Crippen LogP contribution in [-0.2, 0) is 9.53 Å². The Morgan fingerprint density at radius 2 is 1.88 bits per heavy atom. The number of nitrogens with zero attached hydrogens (tertiary/aromatic N) is 2. The molecule has 1 aliphatic carbocycles. The zero-order valence-electron chi connectivity index (χ0n) is 14.7. The van der Waals surface area contributed by atoms with Gasteiger partial charge in [0.25, 0.3) is 6.01 Å². The normalized spacial score (nSPS) is 20.1. The summed E-state index contributed by atoms with van der Waals surface area (Å²) in [6.45, 7) is 2.19. The van der Waals surface area contributed by atoms with Gasteiger partial charge in [0.2, 0.25) is 0 Å². The van der Waals surface area contributed by atoms with E-state index in [1.165, 1.54) is 32.1 Å². The minimum absolute atomic E-state index is 0.0113. The second kappa shape index (κ2) is 7.46.